The average Bonchev–Trinajstić information content (AvgIpc) is 2.52. The number of hydrogen-bond acceptors (Lipinski definition) is 3. The van der Waals surface area contributed by atoms with Crippen molar-refractivity contribution < 1.29 is 15.0 Å². The zero-order valence-electron chi connectivity index (χ0n) is 14.6. The molecule has 0 spiro atoms. The highest BCUT2D eigenvalue weighted by atomic mass is 16.4. The third-order valence-electron chi connectivity index (χ3n) is 3.60. The summed E-state index contributed by atoms with van der Waals surface area (Å²) in [5, 5.41) is 20.0. The molecular weight excluding hydrogens is 288 g/mol. The van der Waals surface area contributed by atoms with Gasteiger partial charge in [-0.2, -0.15) is 0 Å². The standard InChI is InChI=1S/C20H34O3/c1-2-3-4-5-10-13-16-19(21)17-14-11-8-6-7-9-12-15-18-20(22)23/h8,10-11,13-14,17,19,21H,2-7,9,12,15-16,18H2,1H3,(H,22,23)/p-1/b11-8-,13-10-,17-14+/t19-/m0/s1. The summed E-state index contributed by atoms with van der Waals surface area (Å²) in [6, 6.07) is 0. The maximum Gasteiger partial charge on any atom is 0.0758 e. The second-order valence-corrected chi connectivity index (χ2v) is 5.91. The van der Waals surface area contributed by atoms with Crippen molar-refractivity contribution >= 4 is 5.97 Å². The van der Waals surface area contributed by atoms with Gasteiger partial charge >= 0.3 is 0 Å². The van der Waals surface area contributed by atoms with Crippen molar-refractivity contribution in [1.29, 1.82) is 0 Å². The molecule has 0 aliphatic rings. The van der Waals surface area contributed by atoms with Gasteiger partial charge in [-0.05, 0) is 44.9 Å². The number of carbonyl (C=O) groups excluding carboxylic acids is 1. The molecule has 0 aliphatic heterocycles. The van der Waals surface area contributed by atoms with Gasteiger partial charge in [0.1, 0.15) is 0 Å². The molecule has 0 heterocycles. The molecule has 0 bridgehead atoms. The lowest BCUT2D eigenvalue weighted by Gasteiger charge is -2.01. The Morgan fingerprint density at radius 2 is 1.65 bits per heavy atom. The van der Waals surface area contributed by atoms with Gasteiger partial charge in [-0.15, -0.1) is 0 Å². The quantitative estimate of drug-likeness (QED) is 0.281. The number of unbranched alkanes of at least 4 members (excludes halogenated alkanes) is 7. The van der Waals surface area contributed by atoms with Crippen molar-refractivity contribution in [2.24, 2.45) is 0 Å². The maximum atomic E-state index is 10.2. The molecule has 0 fully saturated rings. The molecule has 0 unspecified atom stereocenters. The van der Waals surface area contributed by atoms with Crippen molar-refractivity contribution in [3.8, 4) is 0 Å². The molecule has 1 N–H and O–H groups in total. The van der Waals surface area contributed by atoms with Gasteiger partial charge in [0.25, 0.3) is 0 Å². The minimum Gasteiger partial charge on any atom is -0.550 e. The van der Waals surface area contributed by atoms with Crippen LogP contribution in [-0.4, -0.2) is 17.2 Å². The zero-order valence-corrected chi connectivity index (χ0v) is 14.6. The normalized spacial score (nSPS) is 13.5. The van der Waals surface area contributed by atoms with E-state index in [9.17, 15) is 15.0 Å². The van der Waals surface area contributed by atoms with Gasteiger partial charge in [-0.1, -0.05) is 69.1 Å². The number of allylic oxidation sites excluding steroid dienone is 4. The van der Waals surface area contributed by atoms with Crippen molar-refractivity contribution in [2.45, 2.75) is 83.7 Å². The summed E-state index contributed by atoms with van der Waals surface area (Å²) in [4.78, 5) is 10.2. The Bertz CT molecular complexity index is 356. The van der Waals surface area contributed by atoms with Crippen LogP contribution in [0.2, 0.25) is 0 Å². The van der Waals surface area contributed by atoms with E-state index in [-0.39, 0.29) is 6.42 Å². The van der Waals surface area contributed by atoms with Crippen LogP contribution in [0.5, 0.6) is 0 Å². The van der Waals surface area contributed by atoms with Crippen molar-refractivity contribution in [3.05, 3.63) is 36.5 Å². The van der Waals surface area contributed by atoms with Crippen LogP contribution in [0, 0.1) is 0 Å². The fraction of sp³-hybridized carbons (Fsp3) is 0.650. The number of hydrogen-bond donors (Lipinski definition) is 1. The van der Waals surface area contributed by atoms with Gasteiger partial charge in [-0.25, -0.2) is 0 Å². The van der Waals surface area contributed by atoms with Gasteiger partial charge in [0.15, 0.2) is 0 Å². The molecule has 1 atom stereocenters. The minimum absolute atomic E-state index is 0.170. The molecule has 23 heavy (non-hydrogen) atoms. The summed E-state index contributed by atoms with van der Waals surface area (Å²) in [6.07, 6.45) is 22.0. The van der Waals surface area contributed by atoms with Crippen LogP contribution in [0.1, 0.15) is 77.6 Å². The van der Waals surface area contributed by atoms with Crippen LogP contribution >= 0.6 is 0 Å². The summed E-state index contributed by atoms with van der Waals surface area (Å²) >= 11 is 0. The molecule has 0 aromatic heterocycles. The fourth-order valence-electron chi connectivity index (χ4n) is 2.20. The Morgan fingerprint density at radius 1 is 0.957 bits per heavy atom. The number of carboxylic acid groups (broad SMARTS) is 1. The maximum absolute atomic E-state index is 10.2. The Hall–Kier alpha value is -1.35. The molecule has 132 valence electrons. The molecule has 3 nitrogen and oxygen atoms in total. The number of aliphatic hydroxyl groups excluding tert-OH is 1. The first-order valence-corrected chi connectivity index (χ1v) is 9.03. The molecular formula is C20H33O3-. The predicted molar refractivity (Wildman–Crippen MR) is 94.9 cm³/mol. The van der Waals surface area contributed by atoms with E-state index < -0.39 is 12.1 Å². The monoisotopic (exact) mass is 321 g/mol. The van der Waals surface area contributed by atoms with Gasteiger partial charge in [0.05, 0.1) is 6.10 Å². The van der Waals surface area contributed by atoms with Gasteiger partial charge in [0.2, 0.25) is 0 Å². The lowest BCUT2D eigenvalue weighted by molar-refractivity contribution is -0.305. The van der Waals surface area contributed by atoms with E-state index in [4.69, 9.17) is 0 Å². The van der Waals surface area contributed by atoms with Crippen molar-refractivity contribution in [2.75, 3.05) is 0 Å². The fourth-order valence-corrected chi connectivity index (χ4v) is 2.20. The highest BCUT2D eigenvalue weighted by Gasteiger charge is 1.93. The van der Waals surface area contributed by atoms with Gasteiger partial charge in [0, 0.05) is 5.97 Å². The lowest BCUT2D eigenvalue weighted by Crippen LogP contribution is -2.21. The van der Waals surface area contributed by atoms with Crippen LogP contribution in [-0.2, 0) is 4.79 Å². The minimum atomic E-state index is -0.954. The van der Waals surface area contributed by atoms with Crippen LogP contribution in [0.15, 0.2) is 36.5 Å². The smallest absolute Gasteiger partial charge is 0.0758 e. The number of aliphatic carboxylic acids is 1. The van der Waals surface area contributed by atoms with Crippen molar-refractivity contribution in [1.82, 2.24) is 0 Å². The molecule has 0 rings (SSSR count). The first kappa shape index (κ1) is 21.6. The summed E-state index contributed by atoms with van der Waals surface area (Å²) in [5.41, 5.74) is 0. The van der Waals surface area contributed by atoms with Crippen molar-refractivity contribution in [3.63, 3.8) is 0 Å². The van der Waals surface area contributed by atoms with Crippen LogP contribution in [0.25, 0.3) is 0 Å². The van der Waals surface area contributed by atoms with E-state index in [0.29, 0.717) is 12.8 Å². The molecule has 3 heteroatoms. The first-order valence-electron chi connectivity index (χ1n) is 9.03. The summed E-state index contributed by atoms with van der Waals surface area (Å²) < 4.78 is 0. The van der Waals surface area contributed by atoms with Crippen LogP contribution in [0.4, 0.5) is 0 Å². The van der Waals surface area contributed by atoms with E-state index in [0.717, 1.165) is 32.1 Å². The van der Waals surface area contributed by atoms with Gasteiger partial charge in [-0.3, -0.25) is 0 Å². The molecule has 0 aliphatic carbocycles. The Kier molecular flexibility index (Phi) is 16.0. The highest BCUT2D eigenvalue weighted by Crippen LogP contribution is 2.06. The lowest BCUT2D eigenvalue weighted by atomic mass is 10.1. The molecule has 0 saturated heterocycles. The van der Waals surface area contributed by atoms with Crippen LogP contribution in [0.3, 0.4) is 0 Å². The Morgan fingerprint density at radius 3 is 2.39 bits per heavy atom. The molecule has 0 aromatic carbocycles. The second kappa shape index (κ2) is 17.0. The van der Waals surface area contributed by atoms with E-state index in [1.807, 2.05) is 18.2 Å². The third-order valence-corrected chi connectivity index (χ3v) is 3.60. The number of aliphatic hydroxyl groups is 1. The summed E-state index contributed by atoms with van der Waals surface area (Å²) in [6.45, 7) is 2.20. The Labute approximate surface area is 141 Å². The SMILES string of the molecule is CCCCC/C=C\C[C@H](O)/C=C/C=C\CCCCCCC(=O)[O-]. The molecule has 0 aromatic rings. The van der Waals surface area contributed by atoms with Crippen LogP contribution < -0.4 is 5.11 Å². The van der Waals surface area contributed by atoms with E-state index in [1.54, 1.807) is 0 Å². The summed E-state index contributed by atoms with van der Waals surface area (Å²) in [5.74, 6) is -0.954. The molecule has 0 saturated carbocycles. The average molecular weight is 321 g/mol. The predicted octanol–water partition coefficient (Wildman–Crippen LogP) is 4.08. The number of carbonyl (C=O) groups is 1. The number of carboxylic acids is 1. The second-order valence-electron chi connectivity index (χ2n) is 5.91. The molecule has 0 amide bonds. The summed E-state index contributed by atoms with van der Waals surface area (Å²) in [7, 11) is 0. The van der Waals surface area contributed by atoms with Gasteiger partial charge < -0.3 is 15.0 Å². The zero-order chi connectivity index (χ0) is 17.2. The molecule has 0 radical (unpaired) electrons. The Balaban J connectivity index is 3.50. The van der Waals surface area contributed by atoms with E-state index >= 15 is 0 Å². The number of rotatable bonds is 15. The third kappa shape index (κ3) is 18.6. The van der Waals surface area contributed by atoms with E-state index in [1.165, 1.54) is 19.3 Å². The first-order chi connectivity index (χ1) is 11.2. The van der Waals surface area contributed by atoms with E-state index in [2.05, 4.69) is 25.2 Å². The largest absolute Gasteiger partial charge is 0.550 e. The highest BCUT2D eigenvalue weighted by molar-refractivity contribution is 5.63. The topological polar surface area (TPSA) is 60.4 Å².